The first-order valence-electron chi connectivity index (χ1n) is 9.47. The molecule has 0 bridgehead atoms. The number of rotatable bonds is 3. The number of piperidine rings is 1. The topological polar surface area (TPSA) is 23.5 Å². The Morgan fingerprint density at radius 3 is 2.72 bits per heavy atom. The van der Waals surface area contributed by atoms with Gasteiger partial charge in [0.15, 0.2) is 0 Å². The molecule has 2 heteroatoms. The first kappa shape index (κ1) is 16.4. The summed E-state index contributed by atoms with van der Waals surface area (Å²) in [5, 5.41) is 10.1. The third kappa shape index (κ3) is 3.00. The maximum Gasteiger partial charge on any atom is 0.115 e. The molecule has 0 aromatic heterocycles. The number of hydrogen-bond donors (Lipinski definition) is 1. The summed E-state index contributed by atoms with van der Waals surface area (Å²) in [6, 6.07) is 18.8. The van der Waals surface area contributed by atoms with Gasteiger partial charge in [-0.05, 0) is 67.1 Å². The van der Waals surface area contributed by atoms with Crippen LogP contribution in [0.15, 0.2) is 60.7 Å². The predicted octanol–water partition coefficient (Wildman–Crippen LogP) is 4.85. The van der Waals surface area contributed by atoms with E-state index in [-0.39, 0.29) is 5.41 Å². The Kier molecular flexibility index (Phi) is 4.39. The summed E-state index contributed by atoms with van der Waals surface area (Å²) in [7, 11) is 0. The smallest absolute Gasteiger partial charge is 0.115 e. The minimum absolute atomic E-state index is 0.143. The highest BCUT2D eigenvalue weighted by molar-refractivity contribution is 5.68. The second-order valence-electron chi connectivity index (χ2n) is 7.55. The fraction of sp³-hybridized carbons (Fsp3) is 0.391. The Morgan fingerprint density at radius 2 is 1.96 bits per heavy atom. The molecule has 4 rings (SSSR count). The van der Waals surface area contributed by atoms with Crippen LogP contribution in [-0.2, 0) is 5.41 Å². The van der Waals surface area contributed by atoms with Crippen molar-refractivity contribution in [2.24, 2.45) is 5.92 Å². The zero-order valence-electron chi connectivity index (χ0n) is 15.0. The molecule has 1 aliphatic carbocycles. The molecular formula is C23H27NO. The van der Waals surface area contributed by atoms with Crippen LogP contribution in [0.2, 0.25) is 0 Å². The van der Waals surface area contributed by atoms with Crippen molar-refractivity contribution in [1.82, 2.24) is 4.90 Å². The maximum atomic E-state index is 10.1. The quantitative estimate of drug-likeness (QED) is 0.868. The minimum Gasteiger partial charge on any atom is -0.508 e. The van der Waals surface area contributed by atoms with Crippen molar-refractivity contribution in [1.29, 1.82) is 0 Å². The van der Waals surface area contributed by atoms with Crippen LogP contribution in [0.4, 0.5) is 0 Å². The van der Waals surface area contributed by atoms with Crippen LogP contribution in [-0.4, -0.2) is 29.6 Å². The number of allylic oxidation sites excluding steroid dienone is 2. The molecule has 1 saturated heterocycles. The molecule has 25 heavy (non-hydrogen) atoms. The number of benzene rings is 2. The molecule has 2 aromatic carbocycles. The van der Waals surface area contributed by atoms with Gasteiger partial charge in [0.1, 0.15) is 5.75 Å². The monoisotopic (exact) mass is 333 g/mol. The molecule has 2 aliphatic rings. The van der Waals surface area contributed by atoms with E-state index in [9.17, 15) is 5.11 Å². The number of aromatic hydroxyl groups is 1. The lowest BCUT2D eigenvalue weighted by Crippen LogP contribution is -2.51. The fourth-order valence-corrected chi connectivity index (χ4v) is 4.83. The Balaban J connectivity index is 1.75. The van der Waals surface area contributed by atoms with E-state index in [1.54, 1.807) is 6.07 Å². The van der Waals surface area contributed by atoms with Crippen LogP contribution in [0.5, 0.6) is 5.75 Å². The van der Waals surface area contributed by atoms with Gasteiger partial charge in [-0.25, -0.2) is 0 Å². The average Bonchev–Trinajstić information content (AvgIpc) is 2.67. The molecule has 0 amide bonds. The zero-order chi connectivity index (χ0) is 17.3. The zero-order valence-corrected chi connectivity index (χ0v) is 15.0. The van der Waals surface area contributed by atoms with Crippen molar-refractivity contribution >= 4 is 5.57 Å². The number of fused-ring (bicyclic) bond motifs is 1. The summed E-state index contributed by atoms with van der Waals surface area (Å²) in [6.07, 6.45) is 5.82. The van der Waals surface area contributed by atoms with E-state index in [4.69, 9.17) is 0 Å². The van der Waals surface area contributed by atoms with Gasteiger partial charge in [-0.15, -0.1) is 0 Å². The average molecular weight is 333 g/mol. The Morgan fingerprint density at radius 1 is 1.12 bits per heavy atom. The second kappa shape index (κ2) is 6.68. The molecule has 1 fully saturated rings. The molecule has 0 radical (unpaired) electrons. The molecule has 2 aromatic rings. The maximum absolute atomic E-state index is 10.1. The van der Waals surface area contributed by atoms with Crippen LogP contribution in [0.25, 0.3) is 5.57 Å². The lowest BCUT2D eigenvalue weighted by atomic mass is 9.59. The SMILES string of the molecule is CCN1CC[C@@]2(c3cccc(O)c3)CC(c3ccccc3)=CC[C@@H]2C1. The molecule has 1 heterocycles. The first-order valence-corrected chi connectivity index (χ1v) is 9.47. The van der Waals surface area contributed by atoms with Crippen molar-refractivity contribution < 1.29 is 5.11 Å². The van der Waals surface area contributed by atoms with Gasteiger partial charge < -0.3 is 10.0 Å². The Hall–Kier alpha value is -2.06. The van der Waals surface area contributed by atoms with Gasteiger partial charge in [0.05, 0.1) is 0 Å². The van der Waals surface area contributed by atoms with Gasteiger partial charge in [-0.2, -0.15) is 0 Å². The van der Waals surface area contributed by atoms with Crippen LogP contribution < -0.4 is 0 Å². The standard InChI is InChI=1S/C23H27NO/c1-2-24-14-13-23(20-9-6-10-22(25)15-20)16-19(11-12-21(23)17-24)18-7-4-3-5-8-18/h3-11,15,21,25H,2,12-14,16-17H2,1H3/t21-,23+/m1/s1. The summed E-state index contributed by atoms with van der Waals surface area (Å²) >= 11 is 0. The van der Waals surface area contributed by atoms with E-state index in [0.717, 1.165) is 32.5 Å². The van der Waals surface area contributed by atoms with E-state index < -0.39 is 0 Å². The third-order valence-corrected chi connectivity index (χ3v) is 6.30. The highest BCUT2D eigenvalue weighted by Crippen LogP contribution is 2.51. The Labute approximate surface area is 150 Å². The van der Waals surface area contributed by atoms with E-state index in [0.29, 0.717) is 11.7 Å². The van der Waals surface area contributed by atoms with Gasteiger partial charge >= 0.3 is 0 Å². The molecule has 2 atom stereocenters. The van der Waals surface area contributed by atoms with E-state index in [1.807, 2.05) is 12.1 Å². The number of nitrogens with zero attached hydrogens (tertiary/aromatic N) is 1. The second-order valence-corrected chi connectivity index (χ2v) is 7.55. The first-order chi connectivity index (χ1) is 12.2. The number of hydrogen-bond acceptors (Lipinski definition) is 2. The van der Waals surface area contributed by atoms with Crippen LogP contribution in [0.3, 0.4) is 0 Å². The lowest BCUT2D eigenvalue weighted by molar-refractivity contribution is 0.0934. The number of phenolic OH excluding ortho intramolecular Hbond substituents is 1. The normalized spacial score (nSPS) is 26.8. The number of likely N-dealkylation sites (tertiary alicyclic amines) is 1. The van der Waals surface area contributed by atoms with Crippen molar-refractivity contribution in [3.05, 3.63) is 71.8 Å². The predicted molar refractivity (Wildman–Crippen MR) is 104 cm³/mol. The molecule has 0 saturated carbocycles. The van der Waals surface area contributed by atoms with E-state index in [1.165, 1.54) is 23.1 Å². The molecule has 1 aliphatic heterocycles. The Bertz CT molecular complexity index is 767. The molecule has 0 unspecified atom stereocenters. The van der Waals surface area contributed by atoms with Gasteiger partial charge in [0, 0.05) is 12.0 Å². The number of phenols is 1. The molecular weight excluding hydrogens is 306 g/mol. The third-order valence-electron chi connectivity index (χ3n) is 6.30. The molecule has 2 nitrogen and oxygen atoms in total. The van der Waals surface area contributed by atoms with Gasteiger partial charge in [-0.3, -0.25) is 0 Å². The molecule has 1 N–H and O–H groups in total. The molecule has 0 spiro atoms. The van der Waals surface area contributed by atoms with Crippen molar-refractivity contribution in [3.8, 4) is 5.75 Å². The van der Waals surface area contributed by atoms with Gasteiger partial charge in [-0.1, -0.05) is 55.5 Å². The summed E-state index contributed by atoms with van der Waals surface area (Å²) < 4.78 is 0. The van der Waals surface area contributed by atoms with Gasteiger partial charge in [0.25, 0.3) is 0 Å². The van der Waals surface area contributed by atoms with E-state index in [2.05, 4.69) is 54.3 Å². The lowest BCUT2D eigenvalue weighted by Gasteiger charge is -2.51. The largest absolute Gasteiger partial charge is 0.508 e. The van der Waals surface area contributed by atoms with Crippen molar-refractivity contribution in [2.75, 3.05) is 19.6 Å². The molecule has 130 valence electrons. The summed E-state index contributed by atoms with van der Waals surface area (Å²) in [5.74, 6) is 1.01. The summed E-state index contributed by atoms with van der Waals surface area (Å²) in [5.41, 5.74) is 4.27. The van der Waals surface area contributed by atoms with Crippen LogP contribution in [0.1, 0.15) is 37.3 Å². The fourth-order valence-electron chi connectivity index (χ4n) is 4.83. The van der Waals surface area contributed by atoms with E-state index >= 15 is 0 Å². The van der Waals surface area contributed by atoms with Crippen molar-refractivity contribution in [2.45, 2.75) is 31.6 Å². The van der Waals surface area contributed by atoms with Crippen molar-refractivity contribution in [3.63, 3.8) is 0 Å². The highest BCUT2D eigenvalue weighted by atomic mass is 16.3. The minimum atomic E-state index is 0.143. The van der Waals surface area contributed by atoms with Crippen LogP contribution in [0, 0.1) is 5.92 Å². The van der Waals surface area contributed by atoms with Gasteiger partial charge in [0.2, 0.25) is 0 Å². The highest BCUT2D eigenvalue weighted by Gasteiger charge is 2.45. The van der Waals surface area contributed by atoms with Crippen LogP contribution >= 0.6 is 0 Å². The summed E-state index contributed by atoms with van der Waals surface area (Å²) in [4.78, 5) is 2.58. The summed E-state index contributed by atoms with van der Waals surface area (Å²) in [6.45, 7) is 5.69.